The van der Waals surface area contributed by atoms with E-state index in [1.165, 1.54) is 16.2 Å². The van der Waals surface area contributed by atoms with Gasteiger partial charge in [-0.25, -0.2) is 4.79 Å². The second-order valence-corrected chi connectivity index (χ2v) is 4.97. The Kier molecular flexibility index (Phi) is 6.56. The number of thiophene rings is 1. The van der Waals surface area contributed by atoms with Gasteiger partial charge in [-0.05, 0) is 11.4 Å². The number of nitrogens with zero attached hydrogens (tertiary/aromatic N) is 1. The Balaban J connectivity index is 2.44. The molecule has 3 amide bonds. The van der Waals surface area contributed by atoms with E-state index in [9.17, 15) is 9.59 Å². The van der Waals surface area contributed by atoms with Gasteiger partial charge in [-0.2, -0.15) is 0 Å². The number of carbonyl (C=O) groups is 2. The van der Waals surface area contributed by atoms with Crippen molar-refractivity contribution in [3.8, 4) is 11.8 Å². The summed E-state index contributed by atoms with van der Waals surface area (Å²) >= 11 is 1.33. The molecule has 0 aliphatic rings. The molecule has 0 saturated carbocycles. The summed E-state index contributed by atoms with van der Waals surface area (Å²) in [6, 6.07) is 1.60. The lowest BCUT2D eigenvalue weighted by Gasteiger charge is -2.12. The molecule has 0 spiro atoms. The van der Waals surface area contributed by atoms with Gasteiger partial charge in [0.2, 0.25) is 0 Å². The lowest BCUT2D eigenvalue weighted by atomic mass is 10.2. The largest absolute Gasteiger partial charge is 0.350 e. The molecule has 0 unspecified atom stereocenters. The highest BCUT2D eigenvalue weighted by Crippen LogP contribution is 2.15. The molecule has 4 N–H and O–H groups in total. The van der Waals surface area contributed by atoms with Crippen LogP contribution in [0.2, 0.25) is 0 Å². The highest BCUT2D eigenvalue weighted by atomic mass is 32.1. The minimum Gasteiger partial charge on any atom is -0.350 e. The Bertz CT molecular complexity index is 528. The number of rotatable bonds is 4. The highest BCUT2D eigenvalue weighted by Gasteiger charge is 2.11. The minimum atomic E-state index is -0.194. The van der Waals surface area contributed by atoms with Crippen molar-refractivity contribution in [2.24, 2.45) is 5.73 Å². The van der Waals surface area contributed by atoms with Crippen molar-refractivity contribution in [1.29, 1.82) is 0 Å². The van der Waals surface area contributed by atoms with E-state index in [-0.39, 0.29) is 18.5 Å². The third-order valence-electron chi connectivity index (χ3n) is 2.29. The molecule has 0 aromatic carbocycles. The highest BCUT2D eigenvalue weighted by molar-refractivity contribution is 7.12. The predicted octanol–water partition coefficient (Wildman–Crippen LogP) is 0.0593. The summed E-state index contributed by atoms with van der Waals surface area (Å²) in [5.41, 5.74) is 5.98. The summed E-state index contributed by atoms with van der Waals surface area (Å²) in [6.07, 6.45) is 0. The molecule has 0 aliphatic carbocycles. The van der Waals surface area contributed by atoms with Crippen LogP contribution in [0.15, 0.2) is 11.4 Å². The van der Waals surface area contributed by atoms with Crippen molar-refractivity contribution in [3.63, 3.8) is 0 Å². The number of carbonyl (C=O) groups excluding carboxylic acids is 2. The van der Waals surface area contributed by atoms with E-state index < -0.39 is 0 Å². The van der Waals surface area contributed by atoms with Gasteiger partial charge in [0.05, 0.1) is 6.54 Å². The number of nitrogens with two attached hydrogens (primary N) is 1. The second kappa shape index (κ2) is 8.19. The van der Waals surface area contributed by atoms with Crippen LogP contribution in [0.1, 0.15) is 15.2 Å². The molecule has 0 saturated heterocycles. The zero-order chi connectivity index (χ0) is 15.0. The molecule has 0 radical (unpaired) electrons. The third kappa shape index (κ3) is 4.91. The van der Waals surface area contributed by atoms with Gasteiger partial charge in [0.25, 0.3) is 5.91 Å². The van der Waals surface area contributed by atoms with Crippen molar-refractivity contribution >= 4 is 23.3 Å². The van der Waals surface area contributed by atoms with Gasteiger partial charge in [-0.15, -0.1) is 11.3 Å². The minimum absolute atomic E-state index is 0.190. The van der Waals surface area contributed by atoms with Gasteiger partial charge < -0.3 is 21.3 Å². The van der Waals surface area contributed by atoms with Crippen LogP contribution in [-0.2, 0) is 0 Å². The first-order valence-electron chi connectivity index (χ1n) is 6.06. The Morgan fingerprint density at radius 2 is 2.05 bits per heavy atom. The Labute approximate surface area is 122 Å². The molecule has 0 aliphatic heterocycles. The lowest BCUT2D eigenvalue weighted by molar-refractivity contribution is 0.0957. The molecule has 20 heavy (non-hydrogen) atoms. The predicted molar refractivity (Wildman–Crippen MR) is 79.7 cm³/mol. The molecule has 1 aromatic rings. The molecule has 0 fully saturated rings. The molecule has 1 rings (SSSR count). The fraction of sp³-hybridized carbons (Fsp3) is 0.385. The van der Waals surface area contributed by atoms with Crippen molar-refractivity contribution in [1.82, 2.24) is 15.5 Å². The van der Waals surface area contributed by atoms with Crippen LogP contribution in [-0.4, -0.2) is 50.6 Å². The standard InChI is InChI=1S/C13H18N4O2S/c1-17(2)13(19)16-8-7-15-12(18)11-10(4-3-6-14)5-9-20-11/h5,9H,6-8,14H2,1-2H3,(H,15,18)(H,16,19). The molecule has 6 nitrogen and oxygen atoms in total. The molecule has 0 bridgehead atoms. The maximum absolute atomic E-state index is 11.9. The maximum atomic E-state index is 11.9. The van der Waals surface area contributed by atoms with Crippen molar-refractivity contribution in [3.05, 3.63) is 21.9 Å². The van der Waals surface area contributed by atoms with Crippen LogP contribution in [0, 0.1) is 11.8 Å². The smallest absolute Gasteiger partial charge is 0.316 e. The van der Waals surface area contributed by atoms with E-state index in [1.54, 1.807) is 20.2 Å². The molecule has 1 heterocycles. The van der Waals surface area contributed by atoms with E-state index in [2.05, 4.69) is 22.5 Å². The Hall–Kier alpha value is -2.04. The third-order valence-corrected chi connectivity index (χ3v) is 3.20. The molecule has 7 heteroatoms. The first kappa shape index (κ1) is 16.0. The van der Waals surface area contributed by atoms with E-state index >= 15 is 0 Å². The monoisotopic (exact) mass is 294 g/mol. The van der Waals surface area contributed by atoms with Gasteiger partial charge >= 0.3 is 6.03 Å². The zero-order valence-corrected chi connectivity index (χ0v) is 12.3. The van der Waals surface area contributed by atoms with Crippen molar-refractivity contribution in [2.45, 2.75) is 0 Å². The summed E-state index contributed by atoms with van der Waals surface area (Å²) in [6.45, 7) is 0.992. The average Bonchev–Trinajstić information content (AvgIpc) is 2.88. The van der Waals surface area contributed by atoms with Crippen LogP contribution in [0.3, 0.4) is 0 Å². The summed E-state index contributed by atoms with van der Waals surface area (Å²) in [5.74, 6) is 5.38. The summed E-state index contributed by atoms with van der Waals surface area (Å²) < 4.78 is 0. The van der Waals surface area contributed by atoms with Gasteiger partial charge in [0.15, 0.2) is 0 Å². The Morgan fingerprint density at radius 1 is 1.35 bits per heavy atom. The first-order valence-corrected chi connectivity index (χ1v) is 6.94. The van der Waals surface area contributed by atoms with Crippen LogP contribution >= 0.6 is 11.3 Å². The zero-order valence-electron chi connectivity index (χ0n) is 11.5. The number of amides is 3. The lowest BCUT2D eigenvalue weighted by Crippen LogP contribution is -2.39. The fourth-order valence-corrected chi connectivity index (χ4v) is 2.08. The van der Waals surface area contributed by atoms with Crippen LogP contribution < -0.4 is 16.4 Å². The van der Waals surface area contributed by atoms with Gasteiger partial charge in [0.1, 0.15) is 4.88 Å². The fourth-order valence-electron chi connectivity index (χ4n) is 1.31. The van der Waals surface area contributed by atoms with Crippen molar-refractivity contribution < 1.29 is 9.59 Å². The SMILES string of the molecule is CN(C)C(=O)NCCNC(=O)c1sccc1C#CCN. The molecule has 108 valence electrons. The molecular formula is C13H18N4O2S. The van der Waals surface area contributed by atoms with Crippen LogP contribution in [0.25, 0.3) is 0 Å². The number of urea groups is 1. The maximum Gasteiger partial charge on any atom is 0.316 e. The second-order valence-electron chi connectivity index (χ2n) is 4.05. The first-order chi connectivity index (χ1) is 9.56. The summed E-state index contributed by atoms with van der Waals surface area (Å²) in [5, 5.41) is 7.21. The van der Waals surface area contributed by atoms with E-state index in [0.717, 1.165) is 0 Å². The van der Waals surface area contributed by atoms with Crippen molar-refractivity contribution in [2.75, 3.05) is 33.7 Å². The number of hydrogen-bond acceptors (Lipinski definition) is 4. The van der Waals surface area contributed by atoms with Gasteiger partial charge in [-0.3, -0.25) is 4.79 Å². The summed E-state index contributed by atoms with van der Waals surface area (Å²) in [7, 11) is 3.31. The molecular weight excluding hydrogens is 276 g/mol. The van der Waals surface area contributed by atoms with Gasteiger partial charge in [-0.1, -0.05) is 11.8 Å². The summed E-state index contributed by atoms with van der Waals surface area (Å²) in [4.78, 5) is 25.2. The van der Waals surface area contributed by atoms with E-state index in [1.807, 2.05) is 5.38 Å². The van der Waals surface area contributed by atoms with Crippen LogP contribution in [0.4, 0.5) is 4.79 Å². The molecule has 0 atom stereocenters. The van der Waals surface area contributed by atoms with E-state index in [0.29, 0.717) is 23.5 Å². The average molecular weight is 294 g/mol. The van der Waals surface area contributed by atoms with Gasteiger partial charge in [0, 0.05) is 32.7 Å². The van der Waals surface area contributed by atoms with E-state index in [4.69, 9.17) is 5.73 Å². The number of hydrogen-bond donors (Lipinski definition) is 3. The molecule has 1 aromatic heterocycles. The quantitative estimate of drug-likeness (QED) is 0.542. The topological polar surface area (TPSA) is 87.5 Å². The Morgan fingerprint density at radius 3 is 2.70 bits per heavy atom. The van der Waals surface area contributed by atoms with Crippen LogP contribution in [0.5, 0.6) is 0 Å². The number of nitrogens with one attached hydrogen (secondary N) is 2. The normalized spacial score (nSPS) is 9.35.